The Kier molecular flexibility index (Phi) is 6.71. The van der Waals surface area contributed by atoms with Gasteiger partial charge in [-0.2, -0.15) is 0 Å². The van der Waals surface area contributed by atoms with Gasteiger partial charge in [-0.15, -0.1) is 0 Å². The molecule has 0 fully saturated rings. The van der Waals surface area contributed by atoms with Crippen LogP contribution in [0.4, 0.5) is 0 Å². The molecule has 0 saturated carbocycles. The van der Waals surface area contributed by atoms with E-state index in [1.54, 1.807) is 12.4 Å². The van der Waals surface area contributed by atoms with Crippen LogP contribution in [0.1, 0.15) is 39.1 Å². The van der Waals surface area contributed by atoms with E-state index in [9.17, 15) is 0 Å². The molecular weight excluding hydrogens is 387 g/mol. The molecular formula is C20H24N4NiO2. The number of hydrogen-bond donors (Lipinski definition) is 0. The van der Waals surface area contributed by atoms with Crippen molar-refractivity contribution in [2.24, 2.45) is 9.98 Å². The molecule has 0 amide bonds. The Morgan fingerprint density at radius 1 is 0.704 bits per heavy atom. The zero-order valence-corrected chi connectivity index (χ0v) is 16.9. The van der Waals surface area contributed by atoms with Crippen molar-refractivity contribution in [3.8, 4) is 0 Å². The van der Waals surface area contributed by atoms with Crippen molar-refractivity contribution in [1.82, 2.24) is 9.97 Å². The van der Waals surface area contributed by atoms with Gasteiger partial charge in [-0.05, 0) is 52.0 Å². The Bertz CT molecular complexity index is 736. The van der Waals surface area contributed by atoms with Crippen LogP contribution in [-0.2, 0) is 26.0 Å². The van der Waals surface area contributed by atoms with Crippen LogP contribution in [0.15, 0.2) is 58.8 Å². The SMILES string of the molecule is CC1(C)COC(c2ccccn2)=N1.CC1(C)COC(c2ccccn2)=N1.[Ni]. The minimum absolute atomic E-state index is 0. The van der Waals surface area contributed by atoms with Crippen LogP contribution in [0.3, 0.4) is 0 Å². The smallest absolute Gasteiger partial charge is 0.236 e. The third-order valence-corrected chi connectivity index (χ3v) is 3.70. The van der Waals surface area contributed by atoms with Crippen LogP contribution in [0.5, 0.6) is 0 Å². The summed E-state index contributed by atoms with van der Waals surface area (Å²) in [6.45, 7) is 9.45. The molecule has 0 unspecified atom stereocenters. The van der Waals surface area contributed by atoms with Gasteiger partial charge in [0.25, 0.3) is 0 Å². The quantitative estimate of drug-likeness (QED) is 0.712. The van der Waals surface area contributed by atoms with Crippen LogP contribution >= 0.6 is 0 Å². The number of aromatic nitrogens is 2. The van der Waals surface area contributed by atoms with Gasteiger partial charge in [0.2, 0.25) is 11.8 Å². The minimum Gasteiger partial charge on any atom is -0.474 e. The molecule has 0 aliphatic carbocycles. The van der Waals surface area contributed by atoms with Crippen molar-refractivity contribution >= 4 is 11.8 Å². The van der Waals surface area contributed by atoms with Crippen LogP contribution in [0, 0.1) is 0 Å². The van der Waals surface area contributed by atoms with Crippen LogP contribution < -0.4 is 0 Å². The number of rotatable bonds is 2. The zero-order valence-electron chi connectivity index (χ0n) is 16.0. The maximum absolute atomic E-state index is 5.44. The van der Waals surface area contributed by atoms with Crippen molar-refractivity contribution < 1.29 is 26.0 Å². The topological polar surface area (TPSA) is 69.0 Å². The van der Waals surface area contributed by atoms with E-state index in [0.29, 0.717) is 25.0 Å². The number of nitrogens with zero attached hydrogens (tertiary/aromatic N) is 4. The van der Waals surface area contributed by atoms with Gasteiger partial charge in [0.05, 0.1) is 11.1 Å². The fourth-order valence-electron chi connectivity index (χ4n) is 2.41. The van der Waals surface area contributed by atoms with E-state index in [1.807, 2.05) is 64.1 Å². The number of pyridine rings is 2. The van der Waals surface area contributed by atoms with Crippen LogP contribution in [-0.4, -0.2) is 46.1 Å². The molecule has 6 nitrogen and oxygen atoms in total. The minimum atomic E-state index is -0.104. The number of ether oxygens (including phenoxy) is 2. The number of hydrogen-bond acceptors (Lipinski definition) is 6. The summed E-state index contributed by atoms with van der Waals surface area (Å²) >= 11 is 0. The molecule has 0 spiro atoms. The van der Waals surface area contributed by atoms with E-state index in [0.717, 1.165) is 11.4 Å². The Hall–Kier alpha value is -2.27. The van der Waals surface area contributed by atoms with Crippen molar-refractivity contribution in [3.63, 3.8) is 0 Å². The second-order valence-corrected chi connectivity index (χ2v) is 7.47. The first-order valence-electron chi connectivity index (χ1n) is 8.63. The predicted molar refractivity (Wildman–Crippen MR) is 102 cm³/mol. The molecule has 0 N–H and O–H groups in total. The molecule has 4 rings (SSSR count). The van der Waals surface area contributed by atoms with Gasteiger partial charge in [-0.3, -0.25) is 9.97 Å². The molecule has 146 valence electrons. The van der Waals surface area contributed by atoms with Crippen molar-refractivity contribution in [2.75, 3.05) is 13.2 Å². The first-order chi connectivity index (χ1) is 12.3. The summed E-state index contributed by atoms with van der Waals surface area (Å²) in [5, 5.41) is 0. The summed E-state index contributed by atoms with van der Waals surface area (Å²) in [5.41, 5.74) is 1.42. The monoisotopic (exact) mass is 410 g/mol. The summed E-state index contributed by atoms with van der Waals surface area (Å²) < 4.78 is 10.9. The third-order valence-electron chi connectivity index (χ3n) is 3.70. The summed E-state index contributed by atoms with van der Waals surface area (Å²) in [7, 11) is 0. The van der Waals surface area contributed by atoms with Gasteiger partial charge in [0, 0.05) is 28.9 Å². The maximum atomic E-state index is 5.44. The van der Waals surface area contributed by atoms with Crippen molar-refractivity contribution in [2.45, 2.75) is 38.8 Å². The second kappa shape index (κ2) is 8.61. The Morgan fingerprint density at radius 3 is 1.37 bits per heavy atom. The van der Waals surface area contributed by atoms with Gasteiger partial charge in [-0.25, -0.2) is 9.98 Å². The van der Waals surface area contributed by atoms with E-state index >= 15 is 0 Å². The van der Waals surface area contributed by atoms with Gasteiger partial charge in [-0.1, -0.05) is 12.1 Å². The summed E-state index contributed by atoms with van der Waals surface area (Å²) in [4.78, 5) is 17.2. The summed E-state index contributed by atoms with van der Waals surface area (Å²) in [6, 6.07) is 11.4. The van der Waals surface area contributed by atoms with Crippen molar-refractivity contribution in [1.29, 1.82) is 0 Å². The molecule has 2 aliphatic heterocycles. The Morgan fingerprint density at radius 2 is 1.11 bits per heavy atom. The molecule has 4 heterocycles. The molecule has 0 radical (unpaired) electrons. The first-order valence-corrected chi connectivity index (χ1v) is 8.63. The molecule has 27 heavy (non-hydrogen) atoms. The maximum Gasteiger partial charge on any atom is 0.236 e. The summed E-state index contributed by atoms with van der Waals surface area (Å²) in [6.07, 6.45) is 3.49. The number of aliphatic imine (C=N–C) groups is 2. The molecule has 7 heteroatoms. The predicted octanol–water partition coefficient (Wildman–Crippen LogP) is 3.27. The largest absolute Gasteiger partial charge is 0.474 e. The van der Waals surface area contributed by atoms with Gasteiger partial charge in [0.15, 0.2) is 0 Å². The average molecular weight is 411 g/mol. The zero-order chi connectivity index (χ0) is 18.6. The van der Waals surface area contributed by atoms with Crippen LogP contribution in [0.2, 0.25) is 0 Å². The normalized spacial score (nSPS) is 18.7. The van der Waals surface area contributed by atoms with E-state index in [4.69, 9.17) is 9.47 Å². The summed E-state index contributed by atoms with van der Waals surface area (Å²) in [5.74, 6) is 1.32. The Labute approximate surface area is 170 Å². The van der Waals surface area contributed by atoms with E-state index in [-0.39, 0.29) is 27.6 Å². The fraction of sp³-hybridized carbons (Fsp3) is 0.400. The van der Waals surface area contributed by atoms with E-state index in [1.165, 1.54) is 0 Å². The third kappa shape index (κ3) is 5.86. The average Bonchev–Trinajstić information content (AvgIpc) is 3.19. The molecule has 2 aromatic rings. The standard InChI is InChI=1S/2C10H12N2O.Ni/c2*1-10(2)7-13-9(12-10)8-5-3-4-6-11-8;/h2*3-6H,7H2,1-2H3;. The first kappa shape index (κ1) is 21.0. The van der Waals surface area contributed by atoms with Crippen molar-refractivity contribution in [3.05, 3.63) is 60.2 Å². The molecule has 0 atom stereocenters. The molecule has 2 aliphatic rings. The van der Waals surface area contributed by atoms with E-state index < -0.39 is 0 Å². The van der Waals surface area contributed by atoms with E-state index in [2.05, 4.69) is 20.0 Å². The fourth-order valence-corrected chi connectivity index (χ4v) is 2.41. The molecule has 2 aromatic heterocycles. The van der Waals surface area contributed by atoms with Gasteiger partial charge < -0.3 is 9.47 Å². The second-order valence-electron chi connectivity index (χ2n) is 7.47. The molecule has 0 saturated heterocycles. The van der Waals surface area contributed by atoms with Crippen LogP contribution in [0.25, 0.3) is 0 Å². The molecule has 0 aromatic carbocycles. The van der Waals surface area contributed by atoms with Gasteiger partial charge >= 0.3 is 0 Å². The van der Waals surface area contributed by atoms with Gasteiger partial charge in [0.1, 0.15) is 24.6 Å². The Balaban J connectivity index is 0.000000187. The molecule has 0 bridgehead atoms.